The molecule has 0 N–H and O–H groups in total. The van der Waals surface area contributed by atoms with Crippen LogP contribution in [0.5, 0.6) is 0 Å². The van der Waals surface area contributed by atoms with Crippen LogP contribution in [-0.4, -0.2) is 21.4 Å². The van der Waals surface area contributed by atoms with Gasteiger partial charge in [0, 0.05) is 6.42 Å². The monoisotopic (exact) mass is 246 g/mol. The second-order valence-corrected chi connectivity index (χ2v) is 7.97. The molecule has 3 heteroatoms. The number of hydrogen-bond acceptors (Lipinski definition) is 3. The molecule has 0 spiro atoms. The van der Waals surface area contributed by atoms with Gasteiger partial charge in [0.1, 0.15) is 4.08 Å². The van der Waals surface area contributed by atoms with Gasteiger partial charge in [0.2, 0.25) is 0 Å². The highest BCUT2D eigenvalue weighted by molar-refractivity contribution is 8.20. The van der Waals surface area contributed by atoms with Gasteiger partial charge in [-0.25, -0.2) is 0 Å². The molecule has 0 aliphatic carbocycles. The van der Waals surface area contributed by atoms with E-state index in [1.807, 2.05) is 23.5 Å². The second kappa shape index (κ2) is 5.13. The fraction of sp³-hybridized carbons (Fsp3) is 0.917. The van der Waals surface area contributed by atoms with Crippen LogP contribution in [-0.2, 0) is 4.79 Å². The minimum Gasteiger partial charge on any atom is -0.297 e. The van der Waals surface area contributed by atoms with Crippen molar-refractivity contribution in [3.8, 4) is 0 Å². The molecule has 0 saturated carbocycles. The zero-order valence-corrected chi connectivity index (χ0v) is 11.9. The molecule has 0 amide bonds. The van der Waals surface area contributed by atoms with Crippen molar-refractivity contribution in [1.82, 2.24) is 0 Å². The van der Waals surface area contributed by atoms with Gasteiger partial charge in [-0.2, -0.15) is 0 Å². The molecule has 88 valence electrons. The van der Waals surface area contributed by atoms with Crippen molar-refractivity contribution in [2.75, 3.05) is 11.5 Å². The van der Waals surface area contributed by atoms with E-state index in [0.29, 0.717) is 5.78 Å². The highest BCUT2D eigenvalue weighted by Crippen LogP contribution is 2.54. The Morgan fingerprint density at radius 1 is 1.27 bits per heavy atom. The lowest BCUT2D eigenvalue weighted by atomic mass is 9.87. The van der Waals surface area contributed by atoms with Crippen LogP contribution in [0.3, 0.4) is 0 Å². The summed E-state index contributed by atoms with van der Waals surface area (Å²) in [5, 5.41) is 0. The molecule has 1 saturated heterocycles. The Morgan fingerprint density at radius 2 is 1.80 bits per heavy atom. The molecule has 0 radical (unpaired) electrons. The number of carbonyl (C=O) groups excluding carboxylic acids is 1. The van der Waals surface area contributed by atoms with Gasteiger partial charge in [0.05, 0.1) is 0 Å². The summed E-state index contributed by atoms with van der Waals surface area (Å²) in [6.45, 7) is 8.69. The molecule has 1 heterocycles. The first kappa shape index (κ1) is 13.4. The SMILES string of the molecule is CCCC(=O)C1(C(C)(C)C)SCCCS1. The minimum absolute atomic E-state index is 0.0645. The van der Waals surface area contributed by atoms with Crippen LogP contribution in [0.25, 0.3) is 0 Å². The zero-order valence-electron chi connectivity index (χ0n) is 10.3. The maximum absolute atomic E-state index is 12.3. The Bertz CT molecular complexity index is 224. The lowest BCUT2D eigenvalue weighted by molar-refractivity contribution is -0.121. The Labute approximate surface area is 102 Å². The molecular formula is C12H22OS2. The van der Waals surface area contributed by atoms with E-state index in [1.165, 1.54) is 6.42 Å². The summed E-state index contributed by atoms with van der Waals surface area (Å²) in [5.41, 5.74) is 0.0645. The average molecular weight is 246 g/mol. The number of carbonyl (C=O) groups is 1. The number of ketones is 1. The molecule has 0 aromatic carbocycles. The first-order valence-electron chi connectivity index (χ1n) is 5.75. The lowest BCUT2D eigenvalue weighted by Gasteiger charge is -2.44. The van der Waals surface area contributed by atoms with Crippen molar-refractivity contribution in [2.24, 2.45) is 5.41 Å². The molecule has 0 aromatic rings. The van der Waals surface area contributed by atoms with Crippen molar-refractivity contribution in [2.45, 2.75) is 51.0 Å². The van der Waals surface area contributed by atoms with Crippen LogP contribution in [0.2, 0.25) is 0 Å². The number of thioether (sulfide) groups is 2. The van der Waals surface area contributed by atoms with E-state index >= 15 is 0 Å². The van der Waals surface area contributed by atoms with Crippen molar-refractivity contribution in [3.05, 3.63) is 0 Å². The highest BCUT2D eigenvalue weighted by atomic mass is 32.2. The molecule has 1 rings (SSSR count). The van der Waals surface area contributed by atoms with Gasteiger partial charge in [-0.1, -0.05) is 27.7 Å². The van der Waals surface area contributed by atoms with Crippen molar-refractivity contribution in [3.63, 3.8) is 0 Å². The van der Waals surface area contributed by atoms with Crippen molar-refractivity contribution >= 4 is 29.3 Å². The summed E-state index contributed by atoms with van der Waals surface area (Å²) >= 11 is 3.76. The molecular weight excluding hydrogens is 224 g/mol. The van der Waals surface area contributed by atoms with Crippen LogP contribution >= 0.6 is 23.5 Å². The molecule has 0 bridgehead atoms. The van der Waals surface area contributed by atoms with Gasteiger partial charge in [-0.05, 0) is 29.8 Å². The summed E-state index contributed by atoms with van der Waals surface area (Å²) < 4.78 is -0.179. The standard InChI is InChI=1S/C12H22OS2/c1-5-7-10(13)12(11(2,3)4)14-8-6-9-15-12/h5-9H2,1-4H3. The first-order chi connectivity index (χ1) is 6.94. The fourth-order valence-corrected chi connectivity index (χ4v) is 5.50. The Morgan fingerprint density at radius 3 is 2.20 bits per heavy atom. The van der Waals surface area contributed by atoms with Gasteiger partial charge < -0.3 is 0 Å². The topological polar surface area (TPSA) is 17.1 Å². The van der Waals surface area contributed by atoms with Gasteiger partial charge in [0.15, 0.2) is 5.78 Å². The van der Waals surface area contributed by atoms with E-state index < -0.39 is 0 Å². The summed E-state index contributed by atoms with van der Waals surface area (Å²) in [6.07, 6.45) is 2.95. The quantitative estimate of drug-likeness (QED) is 0.750. The highest BCUT2D eigenvalue weighted by Gasteiger charge is 2.49. The van der Waals surface area contributed by atoms with Crippen LogP contribution in [0.4, 0.5) is 0 Å². The van der Waals surface area contributed by atoms with E-state index in [0.717, 1.165) is 24.3 Å². The zero-order chi connectivity index (χ0) is 11.5. The number of rotatable bonds is 3. The third-order valence-electron chi connectivity index (χ3n) is 2.73. The Balaban J connectivity index is 2.90. The fourth-order valence-electron chi connectivity index (χ4n) is 1.94. The largest absolute Gasteiger partial charge is 0.297 e. The molecule has 15 heavy (non-hydrogen) atoms. The van der Waals surface area contributed by atoms with Gasteiger partial charge >= 0.3 is 0 Å². The van der Waals surface area contributed by atoms with E-state index in [2.05, 4.69) is 27.7 Å². The van der Waals surface area contributed by atoms with Gasteiger partial charge in [-0.3, -0.25) is 4.79 Å². The van der Waals surface area contributed by atoms with Gasteiger partial charge in [0.25, 0.3) is 0 Å². The van der Waals surface area contributed by atoms with Crippen LogP contribution in [0.1, 0.15) is 47.0 Å². The molecule has 0 unspecified atom stereocenters. The summed E-state index contributed by atoms with van der Waals surface area (Å²) in [4.78, 5) is 12.3. The third-order valence-corrected chi connectivity index (χ3v) is 6.92. The normalized spacial score (nSPS) is 21.3. The van der Waals surface area contributed by atoms with Crippen LogP contribution < -0.4 is 0 Å². The summed E-state index contributed by atoms with van der Waals surface area (Å²) in [7, 11) is 0. The molecule has 1 aliphatic heterocycles. The molecule has 1 aliphatic rings. The molecule has 1 nitrogen and oxygen atoms in total. The Kier molecular flexibility index (Phi) is 4.60. The minimum atomic E-state index is -0.179. The molecule has 1 fully saturated rings. The van der Waals surface area contributed by atoms with Gasteiger partial charge in [-0.15, -0.1) is 23.5 Å². The van der Waals surface area contributed by atoms with E-state index in [4.69, 9.17) is 0 Å². The maximum atomic E-state index is 12.3. The predicted molar refractivity (Wildman–Crippen MR) is 71.6 cm³/mol. The van der Waals surface area contributed by atoms with E-state index in [9.17, 15) is 4.79 Å². The average Bonchev–Trinajstić information content (AvgIpc) is 2.17. The second-order valence-electron chi connectivity index (χ2n) is 5.09. The van der Waals surface area contributed by atoms with E-state index in [1.54, 1.807) is 0 Å². The first-order valence-corrected chi connectivity index (χ1v) is 7.72. The molecule has 0 atom stereocenters. The van der Waals surface area contributed by atoms with Crippen molar-refractivity contribution < 1.29 is 4.79 Å². The Hall–Kier alpha value is 0.370. The number of Topliss-reactive ketones (excluding diaryl/α,β-unsaturated/α-hetero) is 1. The maximum Gasteiger partial charge on any atom is 0.159 e. The van der Waals surface area contributed by atoms with E-state index in [-0.39, 0.29) is 9.49 Å². The van der Waals surface area contributed by atoms with Crippen LogP contribution in [0, 0.1) is 5.41 Å². The number of hydrogen-bond donors (Lipinski definition) is 0. The summed E-state index contributed by atoms with van der Waals surface area (Å²) in [6, 6.07) is 0. The van der Waals surface area contributed by atoms with Crippen molar-refractivity contribution in [1.29, 1.82) is 0 Å². The lowest BCUT2D eigenvalue weighted by Crippen LogP contribution is -2.46. The molecule has 0 aromatic heterocycles. The summed E-state index contributed by atoms with van der Waals surface area (Å²) in [5.74, 6) is 2.73. The third kappa shape index (κ3) is 2.73. The smallest absolute Gasteiger partial charge is 0.159 e. The predicted octanol–water partition coefficient (Wildman–Crippen LogP) is 3.97. The van der Waals surface area contributed by atoms with Crippen LogP contribution in [0.15, 0.2) is 0 Å².